The predicted molar refractivity (Wildman–Crippen MR) is 86.5 cm³/mol. The Morgan fingerprint density at radius 1 is 1.10 bits per heavy atom. The van der Waals surface area contributed by atoms with E-state index in [0.717, 1.165) is 32.4 Å². The van der Waals surface area contributed by atoms with Crippen molar-refractivity contribution in [1.29, 1.82) is 0 Å². The summed E-state index contributed by atoms with van der Waals surface area (Å²) in [6.45, 7) is 0. The van der Waals surface area contributed by atoms with Gasteiger partial charge in [-0.1, -0.05) is 18.2 Å². The van der Waals surface area contributed by atoms with Crippen molar-refractivity contribution in [3.8, 4) is 0 Å². The van der Waals surface area contributed by atoms with Gasteiger partial charge in [-0.3, -0.25) is 9.97 Å². The van der Waals surface area contributed by atoms with Crippen LogP contribution in [0.3, 0.4) is 0 Å². The van der Waals surface area contributed by atoms with Gasteiger partial charge in [-0.25, -0.2) is 0 Å². The molecule has 0 saturated carbocycles. The third-order valence-corrected chi connectivity index (χ3v) is 3.70. The Morgan fingerprint density at radius 3 is 2.80 bits per heavy atom. The van der Waals surface area contributed by atoms with Crippen LogP contribution >= 0.6 is 27.5 Å². The van der Waals surface area contributed by atoms with Crippen LogP contribution in [0, 0.1) is 0 Å². The summed E-state index contributed by atoms with van der Waals surface area (Å²) in [4.78, 5) is 8.76. The molecule has 0 atom stereocenters. The second-order valence-electron chi connectivity index (χ2n) is 4.30. The van der Waals surface area contributed by atoms with Crippen LogP contribution in [-0.2, 0) is 5.88 Å². The summed E-state index contributed by atoms with van der Waals surface area (Å²) >= 11 is 9.37. The number of hydrogen-bond donors (Lipinski definition) is 1. The summed E-state index contributed by atoms with van der Waals surface area (Å²) in [5, 5.41) is 3.38. The maximum Gasteiger partial charge on any atom is 0.112 e. The third kappa shape index (κ3) is 2.62. The minimum absolute atomic E-state index is 0.463. The Morgan fingerprint density at radius 2 is 1.95 bits per heavy atom. The molecule has 0 unspecified atom stereocenters. The van der Waals surface area contributed by atoms with E-state index >= 15 is 0 Å². The van der Waals surface area contributed by atoms with E-state index in [-0.39, 0.29) is 0 Å². The number of para-hydroxylation sites is 1. The van der Waals surface area contributed by atoms with Crippen LogP contribution < -0.4 is 5.32 Å². The van der Waals surface area contributed by atoms with Crippen LogP contribution in [0.4, 0.5) is 11.4 Å². The van der Waals surface area contributed by atoms with E-state index in [1.807, 2.05) is 36.4 Å². The lowest BCUT2D eigenvalue weighted by molar-refractivity contribution is 1.31. The first-order valence-electron chi connectivity index (χ1n) is 6.09. The van der Waals surface area contributed by atoms with Gasteiger partial charge < -0.3 is 5.32 Å². The zero-order valence-electron chi connectivity index (χ0n) is 10.5. The molecule has 3 nitrogen and oxygen atoms in total. The summed E-state index contributed by atoms with van der Waals surface area (Å²) in [5.74, 6) is 0.463. The summed E-state index contributed by atoms with van der Waals surface area (Å²) in [7, 11) is 0. The fourth-order valence-corrected chi connectivity index (χ4v) is 2.56. The predicted octanol–water partition coefficient (Wildman–Crippen LogP) is 4.87. The number of rotatable bonds is 3. The number of nitrogens with one attached hydrogen (secondary N) is 1. The smallest absolute Gasteiger partial charge is 0.112 e. The van der Waals surface area contributed by atoms with Gasteiger partial charge in [0.05, 0.1) is 11.2 Å². The molecule has 2 aromatic heterocycles. The van der Waals surface area contributed by atoms with E-state index in [9.17, 15) is 0 Å². The van der Waals surface area contributed by atoms with Gasteiger partial charge in [-0.2, -0.15) is 0 Å². The van der Waals surface area contributed by atoms with Crippen LogP contribution in [0.25, 0.3) is 11.0 Å². The monoisotopic (exact) mass is 347 g/mol. The number of nitrogens with zero attached hydrogens (tertiary/aromatic N) is 2. The Hall–Kier alpha value is -1.65. The molecular formula is C15H11BrClN3. The van der Waals surface area contributed by atoms with Gasteiger partial charge in [0.1, 0.15) is 5.52 Å². The minimum atomic E-state index is 0.463. The first-order valence-corrected chi connectivity index (χ1v) is 7.42. The molecule has 1 N–H and O–H groups in total. The highest BCUT2D eigenvalue weighted by atomic mass is 79.9. The maximum atomic E-state index is 5.96. The molecule has 0 aliphatic heterocycles. The molecule has 0 spiro atoms. The Balaban J connectivity index is 2.07. The summed E-state index contributed by atoms with van der Waals surface area (Å²) in [6, 6.07) is 11.8. The molecule has 100 valence electrons. The molecule has 0 bridgehead atoms. The number of fused-ring (bicyclic) bond motifs is 1. The quantitative estimate of drug-likeness (QED) is 0.686. The van der Waals surface area contributed by atoms with E-state index in [1.54, 1.807) is 12.4 Å². The van der Waals surface area contributed by atoms with Gasteiger partial charge in [-0.15, -0.1) is 11.6 Å². The molecule has 0 amide bonds. The molecular weight excluding hydrogens is 338 g/mol. The standard InChI is InChI=1S/C15H11BrClN3/c16-11-7-14-15(19-9-11)13(5-6-18-14)20-12-4-2-1-3-10(12)8-17/h1-7,9H,8H2,(H,18,20). The first-order chi connectivity index (χ1) is 9.78. The van der Waals surface area contributed by atoms with Crippen molar-refractivity contribution < 1.29 is 0 Å². The van der Waals surface area contributed by atoms with Crippen molar-refractivity contribution in [3.05, 3.63) is 58.8 Å². The second kappa shape index (κ2) is 5.77. The van der Waals surface area contributed by atoms with Crippen molar-refractivity contribution in [1.82, 2.24) is 9.97 Å². The normalized spacial score (nSPS) is 10.7. The van der Waals surface area contributed by atoms with Gasteiger partial charge in [-0.05, 0) is 39.7 Å². The number of anilines is 2. The van der Waals surface area contributed by atoms with Crippen LogP contribution in [0.15, 0.2) is 53.3 Å². The zero-order chi connectivity index (χ0) is 13.9. The van der Waals surface area contributed by atoms with Gasteiger partial charge in [0.15, 0.2) is 0 Å². The number of benzene rings is 1. The number of halogens is 2. The van der Waals surface area contributed by atoms with Gasteiger partial charge in [0, 0.05) is 28.4 Å². The Labute approximate surface area is 130 Å². The lowest BCUT2D eigenvalue weighted by atomic mass is 10.2. The third-order valence-electron chi connectivity index (χ3n) is 2.97. The Bertz CT molecular complexity index is 761. The molecule has 2 heterocycles. The van der Waals surface area contributed by atoms with Crippen LogP contribution in [0.1, 0.15) is 5.56 Å². The average molecular weight is 349 g/mol. The maximum absolute atomic E-state index is 5.96. The van der Waals surface area contributed by atoms with Crippen molar-refractivity contribution >= 4 is 49.9 Å². The van der Waals surface area contributed by atoms with E-state index in [1.165, 1.54) is 0 Å². The molecule has 0 aliphatic carbocycles. The fraction of sp³-hybridized carbons (Fsp3) is 0.0667. The zero-order valence-corrected chi connectivity index (χ0v) is 12.8. The molecule has 0 saturated heterocycles. The Kier molecular flexibility index (Phi) is 3.85. The molecule has 0 fully saturated rings. The second-order valence-corrected chi connectivity index (χ2v) is 5.48. The summed E-state index contributed by atoms with van der Waals surface area (Å²) in [5.41, 5.74) is 4.63. The van der Waals surface area contributed by atoms with Crippen molar-refractivity contribution in [2.24, 2.45) is 0 Å². The highest BCUT2D eigenvalue weighted by Crippen LogP contribution is 2.27. The minimum Gasteiger partial charge on any atom is -0.353 e. The molecule has 3 rings (SSSR count). The van der Waals surface area contributed by atoms with Gasteiger partial charge in [0.25, 0.3) is 0 Å². The van der Waals surface area contributed by atoms with E-state index < -0.39 is 0 Å². The molecule has 20 heavy (non-hydrogen) atoms. The van der Waals surface area contributed by atoms with Gasteiger partial charge >= 0.3 is 0 Å². The number of hydrogen-bond acceptors (Lipinski definition) is 3. The lowest BCUT2D eigenvalue weighted by Gasteiger charge is -2.11. The average Bonchev–Trinajstić information content (AvgIpc) is 2.47. The van der Waals surface area contributed by atoms with E-state index in [2.05, 4.69) is 31.2 Å². The topological polar surface area (TPSA) is 37.8 Å². The van der Waals surface area contributed by atoms with Crippen molar-refractivity contribution in [2.75, 3.05) is 5.32 Å². The molecule has 5 heteroatoms. The highest BCUT2D eigenvalue weighted by Gasteiger charge is 2.06. The summed E-state index contributed by atoms with van der Waals surface area (Å²) in [6.07, 6.45) is 3.53. The van der Waals surface area contributed by atoms with Crippen LogP contribution in [0.5, 0.6) is 0 Å². The van der Waals surface area contributed by atoms with Crippen LogP contribution in [0.2, 0.25) is 0 Å². The number of aromatic nitrogens is 2. The van der Waals surface area contributed by atoms with Crippen molar-refractivity contribution in [2.45, 2.75) is 5.88 Å². The fourth-order valence-electron chi connectivity index (χ4n) is 2.01. The number of alkyl halides is 1. The molecule has 0 radical (unpaired) electrons. The molecule has 1 aromatic carbocycles. The van der Waals surface area contributed by atoms with E-state index in [4.69, 9.17) is 11.6 Å². The van der Waals surface area contributed by atoms with E-state index in [0.29, 0.717) is 5.88 Å². The molecule has 3 aromatic rings. The van der Waals surface area contributed by atoms with Gasteiger partial charge in [0.2, 0.25) is 0 Å². The SMILES string of the molecule is ClCc1ccccc1Nc1ccnc2cc(Br)cnc12. The highest BCUT2D eigenvalue weighted by molar-refractivity contribution is 9.10. The van der Waals surface area contributed by atoms with Crippen LogP contribution in [-0.4, -0.2) is 9.97 Å². The molecule has 0 aliphatic rings. The number of pyridine rings is 2. The largest absolute Gasteiger partial charge is 0.353 e. The lowest BCUT2D eigenvalue weighted by Crippen LogP contribution is -1.97. The van der Waals surface area contributed by atoms with Crippen molar-refractivity contribution in [3.63, 3.8) is 0 Å². The summed E-state index contributed by atoms with van der Waals surface area (Å²) < 4.78 is 0.913. The first kappa shape index (κ1) is 13.3.